The van der Waals surface area contributed by atoms with E-state index in [1.807, 2.05) is 29.2 Å². The van der Waals surface area contributed by atoms with Gasteiger partial charge in [0.25, 0.3) is 0 Å². The molecule has 2 fully saturated rings. The van der Waals surface area contributed by atoms with E-state index in [0.717, 1.165) is 11.3 Å². The van der Waals surface area contributed by atoms with Gasteiger partial charge in [0, 0.05) is 19.5 Å². The molecule has 1 aromatic carbocycles. The Morgan fingerprint density at radius 2 is 2.00 bits per heavy atom. The number of rotatable bonds is 3. The topological polar surface area (TPSA) is 61.9 Å². The molecule has 118 valence electrons. The highest BCUT2D eigenvalue weighted by Gasteiger charge is 2.42. The van der Waals surface area contributed by atoms with Gasteiger partial charge < -0.3 is 14.5 Å². The number of benzene rings is 1. The predicted molar refractivity (Wildman–Crippen MR) is 81.1 cm³/mol. The fraction of sp³-hybridized carbons (Fsp3) is 0.500. The molecule has 0 saturated carbocycles. The molecule has 2 atom stereocenters. The summed E-state index contributed by atoms with van der Waals surface area (Å²) in [6, 6.07) is 7.30. The van der Waals surface area contributed by atoms with Crippen LogP contribution in [0.3, 0.4) is 0 Å². The van der Waals surface area contributed by atoms with E-state index in [-0.39, 0.29) is 18.0 Å². The first kappa shape index (κ1) is 14.8. The first-order valence-electron chi connectivity index (χ1n) is 7.56. The minimum absolute atomic E-state index is 0.00381. The molecular formula is C16H21N3O3. The van der Waals surface area contributed by atoms with E-state index in [1.165, 1.54) is 0 Å². The first-order chi connectivity index (χ1) is 10.6. The van der Waals surface area contributed by atoms with E-state index in [4.69, 9.17) is 4.74 Å². The van der Waals surface area contributed by atoms with Crippen molar-refractivity contribution in [3.63, 3.8) is 0 Å². The van der Waals surface area contributed by atoms with Crippen LogP contribution in [0.2, 0.25) is 0 Å². The highest BCUT2D eigenvalue weighted by molar-refractivity contribution is 5.89. The lowest BCUT2D eigenvalue weighted by molar-refractivity contribution is -0.159. The van der Waals surface area contributed by atoms with E-state index in [0.29, 0.717) is 26.1 Å². The van der Waals surface area contributed by atoms with Crippen LogP contribution >= 0.6 is 0 Å². The summed E-state index contributed by atoms with van der Waals surface area (Å²) in [6.45, 7) is 3.56. The molecule has 1 N–H and O–H groups in total. The highest BCUT2D eigenvalue weighted by Crippen LogP contribution is 2.22. The van der Waals surface area contributed by atoms with Crippen molar-refractivity contribution in [3.05, 3.63) is 29.8 Å². The van der Waals surface area contributed by atoms with Crippen LogP contribution in [0, 0.1) is 0 Å². The fourth-order valence-electron chi connectivity index (χ4n) is 3.16. The molecule has 2 aliphatic rings. The Morgan fingerprint density at radius 1 is 1.27 bits per heavy atom. The van der Waals surface area contributed by atoms with Crippen LogP contribution in [-0.4, -0.2) is 54.0 Å². The van der Waals surface area contributed by atoms with Crippen LogP contribution in [-0.2, 0) is 16.1 Å². The maximum absolute atomic E-state index is 12.5. The van der Waals surface area contributed by atoms with Gasteiger partial charge in [-0.1, -0.05) is 12.1 Å². The Balaban J connectivity index is 1.74. The second-order valence-electron chi connectivity index (χ2n) is 5.76. The number of hydrogen-bond acceptors (Lipinski definition) is 4. The first-order valence-corrected chi connectivity index (χ1v) is 7.56. The Bertz CT molecular complexity index is 573. The number of carbonyl (C=O) groups is 2. The molecule has 2 unspecified atom stereocenters. The van der Waals surface area contributed by atoms with E-state index < -0.39 is 6.04 Å². The molecule has 2 aliphatic heterocycles. The smallest absolute Gasteiger partial charge is 0.245 e. The number of fused-ring (bicyclic) bond motifs is 1. The van der Waals surface area contributed by atoms with Gasteiger partial charge >= 0.3 is 0 Å². The molecule has 22 heavy (non-hydrogen) atoms. The number of nitrogens with one attached hydrogen (secondary N) is 1. The summed E-state index contributed by atoms with van der Waals surface area (Å²) >= 11 is 0. The maximum atomic E-state index is 12.5. The van der Waals surface area contributed by atoms with Crippen molar-refractivity contribution < 1.29 is 14.3 Å². The molecule has 6 nitrogen and oxygen atoms in total. The standard InChI is InChI=1S/C16H21N3O3/c1-11-16(21)18(9-12-3-5-13(22-2)6-4-12)10-14-17-8-7-15(20)19(11)14/h3-6,11,14,17H,7-10H2,1-2H3. The van der Waals surface area contributed by atoms with Gasteiger partial charge in [0.05, 0.1) is 13.7 Å². The van der Waals surface area contributed by atoms with Gasteiger partial charge in [0.15, 0.2) is 0 Å². The number of carbonyl (C=O) groups excluding carboxylic acids is 2. The average molecular weight is 303 g/mol. The van der Waals surface area contributed by atoms with Crippen LogP contribution in [0.5, 0.6) is 5.75 Å². The molecule has 0 radical (unpaired) electrons. The van der Waals surface area contributed by atoms with Crippen LogP contribution in [0.1, 0.15) is 18.9 Å². The van der Waals surface area contributed by atoms with Crippen LogP contribution < -0.4 is 10.1 Å². The molecule has 2 amide bonds. The SMILES string of the molecule is COc1ccc(CN2CC3NCCC(=O)N3C(C)C2=O)cc1. The van der Waals surface area contributed by atoms with Crippen molar-refractivity contribution in [2.45, 2.75) is 32.1 Å². The van der Waals surface area contributed by atoms with E-state index in [9.17, 15) is 9.59 Å². The summed E-state index contributed by atoms with van der Waals surface area (Å²) in [7, 11) is 1.63. The third-order valence-electron chi connectivity index (χ3n) is 4.35. The van der Waals surface area contributed by atoms with Gasteiger partial charge in [-0.05, 0) is 24.6 Å². The van der Waals surface area contributed by atoms with Gasteiger partial charge in [-0.25, -0.2) is 0 Å². The van der Waals surface area contributed by atoms with Crippen LogP contribution in [0.15, 0.2) is 24.3 Å². The number of nitrogens with zero attached hydrogens (tertiary/aromatic N) is 2. The van der Waals surface area contributed by atoms with Gasteiger partial charge in [0.1, 0.15) is 18.0 Å². The summed E-state index contributed by atoms with van der Waals surface area (Å²) in [5.74, 6) is 0.866. The normalized spacial score (nSPS) is 25.2. The minimum Gasteiger partial charge on any atom is -0.497 e. The maximum Gasteiger partial charge on any atom is 0.245 e. The Labute approximate surface area is 130 Å². The molecule has 1 aromatic rings. The summed E-state index contributed by atoms with van der Waals surface area (Å²) < 4.78 is 5.15. The van der Waals surface area contributed by atoms with Gasteiger partial charge in [0.2, 0.25) is 11.8 Å². The van der Waals surface area contributed by atoms with E-state index >= 15 is 0 Å². The molecule has 0 spiro atoms. The van der Waals surface area contributed by atoms with E-state index in [2.05, 4.69) is 5.32 Å². The van der Waals surface area contributed by atoms with Crippen molar-refractivity contribution in [2.75, 3.05) is 20.2 Å². The molecule has 0 aliphatic carbocycles. The third-order valence-corrected chi connectivity index (χ3v) is 4.35. The monoisotopic (exact) mass is 303 g/mol. The number of amides is 2. The van der Waals surface area contributed by atoms with Crippen LogP contribution in [0.25, 0.3) is 0 Å². The molecular weight excluding hydrogens is 282 g/mol. The molecule has 2 heterocycles. The zero-order chi connectivity index (χ0) is 15.7. The number of piperazine rings is 1. The molecule has 3 rings (SSSR count). The van der Waals surface area contributed by atoms with Crippen molar-refractivity contribution in [1.29, 1.82) is 0 Å². The molecule has 6 heteroatoms. The summed E-state index contributed by atoms with van der Waals surface area (Å²) in [5, 5.41) is 3.33. The van der Waals surface area contributed by atoms with Crippen LogP contribution in [0.4, 0.5) is 0 Å². The predicted octanol–water partition coefficient (Wildman–Crippen LogP) is 0.574. The highest BCUT2D eigenvalue weighted by atomic mass is 16.5. The zero-order valence-electron chi connectivity index (χ0n) is 12.9. The number of methoxy groups -OCH3 is 1. The second kappa shape index (κ2) is 5.96. The minimum atomic E-state index is -0.405. The third kappa shape index (κ3) is 2.66. The largest absolute Gasteiger partial charge is 0.497 e. The van der Waals surface area contributed by atoms with Crippen molar-refractivity contribution >= 4 is 11.8 Å². The summed E-state index contributed by atoms with van der Waals surface area (Å²) in [4.78, 5) is 28.1. The lowest BCUT2D eigenvalue weighted by atomic mass is 10.1. The Hall–Kier alpha value is -2.08. The van der Waals surface area contributed by atoms with Crippen molar-refractivity contribution in [3.8, 4) is 5.75 Å². The summed E-state index contributed by atoms with van der Waals surface area (Å²) in [6.07, 6.45) is 0.388. The Kier molecular flexibility index (Phi) is 4.02. The second-order valence-corrected chi connectivity index (χ2v) is 5.76. The Morgan fingerprint density at radius 3 is 2.68 bits per heavy atom. The lowest BCUT2D eigenvalue weighted by Gasteiger charge is -2.47. The lowest BCUT2D eigenvalue weighted by Crippen LogP contribution is -2.68. The number of ether oxygens (including phenoxy) is 1. The molecule has 0 bridgehead atoms. The fourth-order valence-corrected chi connectivity index (χ4v) is 3.16. The van der Waals surface area contributed by atoms with Crippen molar-refractivity contribution in [2.24, 2.45) is 0 Å². The van der Waals surface area contributed by atoms with E-state index in [1.54, 1.807) is 18.9 Å². The zero-order valence-corrected chi connectivity index (χ0v) is 12.9. The molecule has 2 saturated heterocycles. The molecule has 0 aromatic heterocycles. The van der Waals surface area contributed by atoms with Gasteiger partial charge in [-0.3, -0.25) is 14.9 Å². The van der Waals surface area contributed by atoms with Gasteiger partial charge in [-0.15, -0.1) is 0 Å². The summed E-state index contributed by atoms with van der Waals surface area (Å²) in [5.41, 5.74) is 1.05. The van der Waals surface area contributed by atoms with Crippen molar-refractivity contribution in [1.82, 2.24) is 15.1 Å². The van der Waals surface area contributed by atoms with Gasteiger partial charge in [-0.2, -0.15) is 0 Å². The number of hydrogen-bond donors (Lipinski definition) is 1. The quantitative estimate of drug-likeness (QED) is 0.887. The average Bonchev–Trinajstić information content (AvgIpc) is 2.53.